The number of benzene rings is 2. The van der Waals surface area contributed by atoms with Crippen LogP contribution in [0.4, 0.5) is 0 Å². The maximum atomic E-state index is 12.1. The van der Waals surface area contributed by atoms with E-state index < -0.39 is 14.3 Å². The molecule has 30 heavy (non-hydrogen) atoms. The maximum Gasteiger partial charge on any atom is 0.330 e. The molecule has 160 valence electrons. The molecule has 0 radical (unpaired) electrons. The molecule has 0 aliphatic heterocycles. The minimum atomic E-state index is -2.63. The summed E-state index contributed by atoms with van der Waals surface area (Å²) >= 11 is 0. The van der Waals surface area contributed by atoms with Crippen LogP contribution in [0.25, 0.3) is 0 Å². The lowest BCUT2D eigenvalue weighted by atomic mass is 10.1. The Morgan fingerprint density at radius 1 is 0.933 bits per heavy atom. The predicted octanol–water partition coefficient (Wildman–Crippen LogP) is 4.03. The zero-order chi connectivity index (χ0) is 22.2. The van der Waals surface area contributed by atoms with Crippen molar-refractivity contribution in [3.8, 4) is 0 Å². The minimum Gasteiger partial charge on any atom is -0.466 e. The topological polar surface area (TPSA) is 52.6 Å². The smallest absolute Gasteiger partial charge is 0.330 e. The molecule has 0 aliphatic rings. The number of esters is 1. The number of hydrogen-bond donors (Lipinski definition) is 0. The number of ketones is 1. The highest BCUT2D eigenvalue weighted by Crippen LogP contribution is 2.37. The van der Waals surface area contributed by atoms with Crippen LogP contribution in [-0.4, -0.2) is 33.3 Å². The van der Waals surface area contributed by atoms with Crippen LogP contribution in [0.1, 0.15) is 40.5 Å². The Kier molecular flexibility index (Phi) is 8.32. The molecule has 0 unspecified atom stereocenters. The third kappa shape index (κ3) is 5.77. The summed E-state index contributed by atoms with van der Waals surface area (Å²) < 4.78 is 11.5. The summed E-state index contributed by atoms with van der Waals surface area (Å²) in [5.74, 6) is -0.641. The number of carbonyl (C=O) groups excluding carboxylic acids is 2. The highest BCUT2D eigenvalue weighted by molar-refractivity contribution is 6.99. The number of ether oxygens (including phenoxy) is 1. The summed E-state index contributed by atoms with van der Waals surface area (Å²) in [4.78, 5) is 23.3. The van der Waals surface area contributed by atoms with Crippen LogP contribution in [0.5, 0.6) is 0 Å². The largest absolute Gasteiger partial charge is 0.466 e. The Labute approximate surface area is 181 Å². The normalized spacial score (nSPS) is 13.2. The molecule has 1 atom stereocenters. The van der Waals surface area contributed by atoms with Crippen molar-refractivity contribution in [2.75, 3.05) is 7.11 Å². The van der Waals surface area contributed by atoms with Crippen LogP contribution in [0, 0.1) is 0 Å². The van der Waals surface area contributed by atoms with Crippen LogP contribution < -0.4 is 10.4 Å². The van der Waals surface area contributed by atoms with Crippen LogP contribution in [0.15, 0.2) is 72.8 Å². The third-order valence-corrected chi connectivity index (χ3v) is 10.4. The molecule has 4 nitrogen and oxygen atoms in total. The van der Waals surface area contributed by atoms with E-state index in [1.165, 1.54) is 23.6 Å². The zero-order valence-electron chi connectivity index (χ0n) is 18.6. The summed E-state index contributed by atoms with van der Waals surface area (Å²) in [5, 5.41) is 2.32. The Morgan fingerprint density at radius 3 is 1.87 bits per heavy atom. The summed E-state index contributed by atoms with van der Waals surface area (Å²) in [6.45, 7) is 8.72. The SMILES string of the molecule is COC(=O)/C=C/C(=O)CC[C@@H](C)O[Si](c1ccccc1)(c1ccccc1)C(C)(C)C. The van der Waals surface area contributed by atoms with Crippen LogP contribution in [0.3, 0.4) is 0 Å². The van der Waals surface area contributed by atoms with Gasteiger partial charge in [-0.05, 0) is 34.8 Å². The number of carbonyl (C=O) groups is 2. The van der Waals surface area contributed by atoms with Crippen LogP contribution >= 0.6 is 0 Å². The van der Waals surface area contributed by atoms with Crippen molar-refractivity contribution < 1.29 is 18.8 Å². The van der Waals surface area contributed by atoms with Crippen molar-refractivity contribution in [1.29, 1.82) is 0 Å². The van der Waals surface area contributed by atoms with E-state index >= 15 is 0 Å². The molecule has 2 aromatic carbocycles. The van der Waals surface area contributed by atoms with E-state index in [-0.39, 0.29) is 16.9 Å². The minimum absolute atomic E-state index is 0.112. The first-order valence-corrected chi connectivity index (χ1v) is 12.2. The van der Waals surface area contributed by atoms with Crippen molar-refractivity contribution in [3.05, 3.63) is 72.8 Å². The van der Waals surface area contributed by atoms with Gasteiger partial charge in [0.2, 0.25) is 0 Å². The van der Waals surface area contributed by atoms with E-state index in [2.05, 4.69) is 74.0 Å². The molecule has 0 N–H and O–H groups in total. The molecule has 2 aromatic rings. The molecule has 0 saturated carbocycles. The summed E-state index contributed by atoms with van der Waals surface area (Å²) in [5.41, 5.74) is 0. The van der Waals surface area contributed by atoms with Crippen molar-refractivity contribution >= 4 is 30.4 Å². The molecular formula is C25H32O4Si. The van der Waals surface area contributed by atoms with Gasteiger partial charge < -0.3 is 9.16 Å². The van der Waals surface area contributed by atoms with Gasteiger partial charge in [-0.1, -0.05) is 81.4 Å². The number of rotatable bonds is 9. The van der Waals surface area contributed by atoms with Crippen molar-refractivity contribution in [3.63, 3.8) is 0 Å². The first kappa shape index (κ1) is 23.8. The third-order valence-electron chi connectivity index (χ3n) is 5.20. The van der Waals surface area contributed by atoms with Gasteiger partial charge in [0, 0.05) is 18.6 Å². The number of allylic oxidation sites excluding steroid dienone is 1. The molecule has 0 aliphatic carbocycles. The monoisotopic (exact) mass is 424 g/mol. The van der Waals surface area contributed by atoms with E-state index in [4.69, 9.17) is 4.43 Å². The standard InChI is InChI=1S/C25H32O4Si/c1-20(16-17-21(26)18-19-24(27)28-5)29-30(25(2,3)4,22-12-8-6-9-13-22)23-14-10-7-11-15-23/h6-15,18-20H,16-17H2,1-5H3/b19-18+/t20-/m1/s1. The first-order chi connectivity index (χ1) is 14.2. The lowest BCUT2D eigenvalue weighted by Gasteiger charge is -2.44. The van der Waals surface area contributed by atoms with Gasteiger partial charge in [-0.15, -0.1) is 0 Å². The number of methoxy groups -OCH3 is 1. The molecule has 0 spiro atoms. The first-order valence-electron chi connectivity index (χ1n) is 10.3. The fraction of sp³-hybridized carbons (Fsp3) is 0.360. The fourth-order valence-corrected chi connectivity index (χ4v) is 8.45. The Bertz CT molecular complexity index is 814. The molecule has 0 aromatic heterocycles. The predicted molar refractivity (Wildman–Crippen MR) is 124 cm³/mol. The number of hydrogen-bond acceptors (Lipinski definition) is 4. The molecular weight excluding hydrogens is 392 g/mol. The van der Waals surface area contributed by atoms with Gasteiger partial charge in [-0.2, -0.15) is 0 Å². The summed E-state index contributed by atoms with van der Waals surface area (Å²) in [6.07, 6.45) is 3.21. The molecule has 0 amide bonds. The second-order valence-corrected chi connectivity index (χ2v) is 12.7. The van der Waals surface area contributed by atoms with Crippen LogP contribution in [0.2, 0.25) is 5.04 Å². The molecule has 0 bridgehead atoms. The highest BCUT2D eigenvalue weighted by atomic mass is 28.4. The van der Waals surface area contributed by atoms with Crippen molar-refractivity contribution in [1.82, 2.24) is 0 Å². The van der Waals surface area contributed by atoms with E-state index in [9.17, 15) is 9.59 Å². The molecule has 0 fully saturated rings. The van der Waals surface area contributed by atoms with Gasteiger partial charge >= 0.3 is 5.97 Å². The van der Waals surface area contributed by atoms with Gasteiger partial charge in [0.1, 0.15) is 0 Å². The van der Waals surface area contributed by atoms with E-state index in [1.54, 1.807) is 0 Å². The average molecular weight is 425 g/mol. The van der Waals surface area contributed by atoms with Crippen molar-refractivity contribution in [2.45, 2.75) is 51.7 Å². The van der Waals surface area contributed by atoms with Gasteiger partial charge in [0.05, 0.1) is 7.11 Å². The Morgan fingerprint density at radius 2 is 1.43 bits per heavy atom. The fourth-order valence-electron chi connectivity index (χ4n) is 3.71. The molecule has 5 heteroatoms. The van der Waals surface area contributed by atoms with E-state index in [0.29, 0.717) is 12.8 Å². The Hall–Kier alpha value is -2.50. The highest BCUT2D eigenvalue weighted by Gasteiger charge is 2.50. The second-order valence-electron chi connectivity index (χ2n) is 8.45. The van der Waals surface area contributed by atoms with Crippen molar-refractivity contribution in [2.24, 2.45) is 0 Å². The van der Waals surface area contributed by atoms with Gasteiger partial charge in [-0.3, -0.25) is 4.79 Å². The summed E-state index contributed by atoms with van der Waals surface area (Å²) in [7, 11) is -1.34. The van der Waals surface area contributed by atoms with Gasteiger partial charge in [0.15, 0.2) is 5.78 Å². The Balaban J connectivity index is 2.31. The molecule has 0 heterocycles. The van der Waals surface area contributed by atoms with Crippen LogP contribution in [-0.2, 0) is 18.8 Å². The zero-order valence-corrected chi connectivity index (χ0v) is 19.6. The average Bonchev–Trinajstić information content (AvgIpc) is 2.74. The molecule has 2 rings (SSSR count). The second kappa shape index (κ2) is 10.5. The van der Waals surface area contributed by atoms with E-state index in [0.717, 1.165) is 6.08 Å². The van der Waals surface area contributed by atoms with Gasteiger partial charge in [-0.25, -0.2) is 4.79 Å². The summed E-state index contributed by atoms with van der Waals surface area (Å²) in [6, 6.07) is 20.9. The molecule has 0 saturated heterocycles. The van der Waals surface area contributed by atoms with E-state index in [1.807, 2.05) is 19.1 Å². The van der Waals surface area contributed by atoms with Gasteiger partial charge in [0.25, 0.3) is 8.32 Å². The maximum absolute atomic E-state index is 12.1. The quantitative estimate of drug-likeness (QED) is 0.346. The lowest BCUT2D eigenvalue weighted by Crippen LogP contribution is -2.67. The lowest BCUT2D eigenvalue weighted by molar-refractivity contribution is -0.135.